The first-order valence-corrected chi connectivity index (χ1v) is 12.6. The highest BCUT2D eigenvalue weighted by Crippen LogP contribution is 2.39. The molecule has 31 heavy (non-hydrogen) atoms. The Morgan fingerprint density at radius 3 is 3.00 bits per heavy atom. The van der Waals surface area contributed by atoms with Gasteiger partial charge in [-0.15, -0.1) is 21.5 Å². The van der Waals surface area contributed by atoms with Gasteiger partial charge in [0.1, 0.15) is 11.2 Å². The lowest BCUT2D eigenvalue weighted by molar-refractivity contribution is -0.116. The second-order valence-corrected chi connectivity index (χ2v) is 10.7. The van der Waals surface area contributed by atoms with Crippen LogP contribution < -0.4 is 4.90 Å². The number of aromatic nitrogens is 4. The molecule has 0 spiro atoms. The zero-order valence-electron chi connectivity index (χ0n) is 17.5. The molecule has 2 atom stereocenters. The van der Waals surface area contributed by atoms with Gasteiger partial charge in [0.25, 0.3) is 0 Å². The lowest BCUT2D eigenvalue weighted by atomic mass is 9.89. The molecule has 2 unspecified atom stereocenters. The van der Waals surface area contributed by atoms with E-state index in [9.17, 15) is 4.79 Å². The lowest BCUT2D eigenvalue weighted by Gasteiger charge is -2.22. The van der Waals surface area contributed by atoms with Crippen molar-refractivity contribution in [3.8, 4) is 0 Å². The van der Waals surface area contributed by atoms with Crippen LogP contribution in [0.2, 0.25) is 0 Å². The van der Waals surface area contributed by atoms with E-state index >= 15 is 0 Å². The summed E-state index contributed by atoms with van der Waals surface area (Å²) in [5.74, 6) is 1.16. The van der Waals surface area contributed by atoms with Crippen LogP contribution in [0.4, 0.5) is 5.69 Å². The Morgan fingerprint density at radius 1 is 1.23 bits per heavy atom. The van der Waals surface area contributed by atoms with Gasteiger partial charge < -0.3 is 4.90 Å². The number of nitrogens with zero attached hydrogens (tertiary/aromatic N) is 5. The first kappa shape index (κ1) is 19.3. The fraction of sp³-hybridized carbons (Fsp3) is 0.391. The highest BCUT2D eigenvalue weighted by Gasteiger charge is 2.31. The molecular weight excluding hydrogens is 426 g/mol. The zero-order chi connectivity index (χ0) is 21.1. The van der Waals surface area contributed by atoms with Crippen molar-refractivity contribution in [3.05, 3.63) is 46.6 Å². The van der Waals surface area contributed by atoms with Crippen LogP contribution in [-0.4, -0.2) is 37.3 Å². The molecule has 1 aliphatic carbocycles. The highest BCUT2D eigenvalue weighted by molar-refractivity contribution is 7.99. The average Bonchev–Trinajstić information content (AvgIpc) is 3.43. The summed E-state index contributed by atoms with van der Waals surface area (Å²) in [6, 6.07) is 8.36. The SMILES string of the molecule is CC1CCc2c(sc3ncn4c(SCC(=O)N5c6ccccc6CC5C)nnc4c23)C1. The molecule has 4 heterocycles. The quantitative estimate of drug-likeness (QED) is 0.430. The molecule has 4 aromatic rings. The number of carbonyl (C=O) groups is 1. The number of hydrogen-bond acceptors (Lipinski definition) is 6. The molecule has 8 heteroatoms. The number of benzene rings is 1. The van der Waals surface area contributed by atoms with E-state index in [1.165, 1.54) is 34.2 Å². The number of fused-ring (bicyclic) bond motifs is 6. The number of thiophene rings is 1. The number of aryl methyl sites for hydroxylation is 1. The molecule has 0 saturated heterocycles. The van der Waals surface area contributed by atoms with Gasteiger partial charge >= 0.3 is 0 Å². The van der Waals surface area contributed by atoms with Gasteiger partial charge in [-0.3, -0.25) is 9.20 Å². The smallest absolute Gasteiger partial charge is 0.237 e. The maximum absolute atomic E-state index is 13.1. The molecule has 1 aromatic carbocycles. The zero-order valence-corrected chi connectivity index (χ0v) is 19.2. The van der Waals surface area contributed by atoms with Gasteiger partial charge in [-0.05, 0) is 55.7 Å². The Kier molecular flexibility index (Phi) is 4.54. The van der Waals surface area contributed by atoms with E-state index in [4.69, 9.17) is 4.98 Å². The Hall–Kier alpha value is -2.45. The van der Waals surface area contributed by atoms with Gasteiger partial charge in [-0.2, -0.15) is 0 Å². The minimum Gasteiger partial charge on any atom is -0.308 e. The predicted octanol–water partition coefficient (Wildman–Crippen LogP) is 4.53. The molecule has 6 nitrogen and oxygen atoms in total. The number of rotatable bonds is 3. The Balaban J connectivity index is 1.29. The largest absolute Gasteiger partial charge is 0.308 e. The summed E-state index contributed by atoms with van der Waals surface area (Å²) in [4.78, 5) is 22.2. The third kappa shape index (κ3) is 3.07. The van der Waals surface area contributed by atoms with Crippen LogP contribution in [0.5, 0.6) is 0 Å². The fourth-order valence-corrected chi connectivity index (χ4v) is 7.07. The van der Waals surface area contributed by atoms with Crippen LogP contribution in [0.15, 0.2) is 35.7 Å². The minimum atomic E-state index is 0.107. The monoisotopic (exact) mass is 449 g/mol. The van der Waals surface area contributed by atoms with Crippen LogP contribution in [0.1, 0.15) is 36.3 Å². The van der Waals surface area contributed by atoms with Crippen LogP contribution in [0.3, 0.4) is 0 Å². The Morgan fingerprint density at radius 2 is 2.10 bits per heavy atom. The van der Waals surface area contributed by atoms with Gasteiger partial charge in [-0.25, -0.2) is 4.98 Å². The average molecular weight is 450 g/mol. The summed E-state index contributed by atoms with van der Waals surface area (Å²) in [6.07, 6.45) is 6.13. The maximum Gasteiger partial charge on any atom is 0.237 e. The van der Waals surface area contributed by atoms with Crippen LogP contribution >= 0.6 is 23.1 Å². The normalized spacial score (nSPS) is 20.4. The van der Waals surface area contributed by atoms with Gasteiger partial charge in [0.05, 0.1) is 11.1 Å². The molecule has 158 valence electrons. The number of anilines is 1. The van der Waals surface area contributed by atoms with E-state index in [-0.39, 0.29) is 11.9 Å². The highest BCUT2D eigenvalue weighted by atomic mass is 32.2. The summed E-state index contributed by atoms with van der Waals surface area (Å²) in [5, 5.41) is 10.8. The maximum atomic E-state index is 13.1. The molecule has 0 fully saturated rings. The molecule has 6 rings (SSSR count). The van der Waals surface area contributed by atoms with E-state index in [0.717, 1.165) is 51.9 Å². The molecule has 0 bridgehead atoms. The molecule has 2 aliphatic rings. The summed E-state index contributed by atoms with van der Waals surface area (Å²) in [5.41, 5.74) is 4.55. The van der Waals surface area contributed by atoms with E-state index in [1.54, 1.807) is 11.3 Å². The number of amides is 1. The summed E-state index contributed by atoms with van der Waals surface area (Å²) >= 11 is 3.24. The van der Waals surface area contributed by atoms with Crippen molar-refractivity contribution in [2.24, 2.45) is 5.92 Å². The predicted molar refractivity (Wildman–Crippen MR) is 125 cm³/mol. The van der Waals surface area contributed by atoms with Crippen LogP contribution in [-0.2, 0) is 24.1 Å². The Labute approximate surface area is 188 Å². The van der Waals surface area contributed by atoms with E-state index in [2.05, 4.69) is 30.1 Å². The first-order valence-electron chi connectivity index (χ1n) is 10.8. The number of para-hydroxylation sites is 1. The van der Waals surface area contributed by atoms with Crippen molar-refractivity contribution in [1.82, 2.24) is 19.6 Å². The lowest BCUT2D eigenvalue weighted by Crippen LogP contribution is -2.37. The molecule has 3 aromatic heterocycles. The van der Waals surface area contributed by atoms with Crippen molar-refractivity contribution in [2.45, 2.75) is 50.7 Å². The van der Waals surface area contributed by atoms with Crippen molar-refractivity contribution >= 4 is 50.6 Å². The van der Waals surface area contributed by atoms with Gasteiger partial charge in [-0.1, -0.05) is 36.9 Å². The fourth-order valence-electron chi connectivity index (χ4n) is 4.96. The molecule has 0 N–H and O–H groups in total. The number of carbonyl (C=O) groups excluding carboxylic acids is 1. The van der Waals surface area contributed by atoms with Crippen molar-refractivity contribution in [3.63, 3.8) is 0 Å². The number of hydrogen-bond donors (Lipinski definition) is 0. The standard InChI is InChI=1S/C23H23N5OS2/c1-13-7-8-16-18(9-13)31-22-20(16)21-25-26-23(27(21)12-24-22)30-11-19(29)28-14(2)10-15-5-3-4-6-17(15)28/h3-6,12-14H,7-11H2,1-2H3. The van der Waals surface area contributed by atoms with Crippen LogP contribution in [0, 0.1) is 5.92 Å². The second-order valence-electron chi connectivity index (χ2n) is 8.69. The molecular formula is C23H23N5OS2. The molecule has 0 saturated carbocycles. The van der Waals surface area contributed by atoms with Gasteiger partial charge in [0.2, 0.25) is 5.91 Å². The minimum absolute atomic E-state index is 0.107. The first-order chi connectivity index (χ1) is 15.1. The van der Waals surface area contributed by atoms with Crippen molar-refractivity contribution < 1.29 is 4.79 Å². The topological polar surface area (TPSA) is 63.4 Å². The summed E-state index contributed by atoms with van der Waals surface area (Å²) in [7, 11) is 0. The van der Waals surface area contributed by atoms with Crippen molar-refractivity contribution in [1.29, 1.82) is 0 Å². The van der Waals surface area contributed by atoms with Gasteiger partial charge in [0.15, 0.2) is 10.8 Å². The third-order valence-corrected chi connectivity index (χ3v) is 8.56. The Bertz CT molecular complexity index is 1330. The van der Waals surface area contributed by atoms with E-state index in [1.807, 2.05) is 33.8 Å². The second kappa shape index (κ2) is 7.31. The molecule has 1 amide bonds. The molecule has 0 radical (unpaired) electrons. The van der Waals surface area contributed by atoms with Crippen LogP contribution in [0.25, 0.3) is 15.9 Å². The number of thioether (sulfide) groups is 1. The third-order valence-electron chi connectivity index (χ3n) is 6.47. The van der Waals surface area contributed by atoms with E-state index < -0.39 is 0 Å². The summed E-state index contributed by atoms with van der Waals surface area (Å²) in [6.45, 7) is 4.43. The van der Waals surface area contributed by atoms with E-state index in [0.29, 0.717) is 5.75 Å². The van der Waals surface area contributed by atoms with Crippen molar-refractivity contribution in [2.75, 3.05) is 10.7 Å². The molecule has 1 aliphatic heterocycles. The van der Waals surface area contributed by atoms with Gasteiger partial charge in [0, 0.05) is 16.6 Å². The summed E-state index contributed by atoms with van der Waals surface area (Å²) < 4.78 is 1.95.